The molecular weight excluding hydrogens is 440 g/mol. The topological polar surface area (TPSA) is 97.0 Å². The molecule has 182 valence electrons. The van der Waals surface area contributed by atoms with Crippen molar-refractivity contribution in [2.45, 2.75) is 64.3 Å². The Morgan fingerprint density at radius 2 is 2.03 bits per heavy atom. The van der Waals surface area contributed by atoms with Crippen molar-refractivity contribution in [3.8, 4) is 18.1 Å². The minimum atomic E-state index is -0.923. The van der Waals surface area contributed by atoms with Gasteiger partial charge >= 0.3 is 0 Å². The lowest BCUT2D eigenvalue weighted by Gasteiger charge is -2.38. The predicted octanol–water partition coefficient (Wildman–Crippen LogP) is 3.79. The van der Waals surface area contributed by atoms with Gasteiger partial charge in [0.2, 0.25) is 5.91 Å². The highest BCUT2D eigenvalue weighted by Crippen LogP contribution is 2.39. The number of aliphatic imine (C=N–C) groups is 1. The summed E-state index contributed by atoms with van der Waals surface area (Å²) in [5.74, 6) is 3.15. The van der Waals surface area contributed by atoms with E-state index in [-0.39, 0.29) is 42.7 Å². The van der Waals surface area contributed by atoms with Gasteiger partial charge in [0.25, 0.3) is 5.91 Å². The van der Waals surface area contributed by atoms with Crippen molar-refractivity contribution in [1.29, 1.82) is 0 Å². The molecule has 2 aromatic rings. The van der Waals surface area contributed by atoms with Gasteiger partial charge in [0, 0.05) is 17.5 Å². The van der Waals surface area contributed by atoms with E-state index in [1.54, 1.807) is 18.2 Å². The highest BCUT2D eigenvalue weighted by atomic mass is 16.5. The molecule has 3 N–H and O–H groups in total. The number of ether oxygens (including phenoxy) is 1. The lowest BCUT2D eigenvalue weighted by atomic mass is 9.83. The number of benzene rings is 2. The summed E-state index contributed by atoms with van der Waals surface area (Å²) in [5.41, 5.74) is 7.08. The van der Waals surface area contributed by atoms with Gasteiger partial charge in [-0.25, -0.2) is 4.99 Å². The van der Waals surface area contributed by atoms with Gasteiger partial charge in [-0.15, -0.1) is 6.42 Å². The molecule has 2 heterocycles. The number of carbonyl (C=O) groups is 2. The van der Waals surface area contributed by atoms with Crippen LogP contribution in [0.2, 0.25) is 0 Å². The molecule has 0 radical (unpaired) electrons. The van der Waals surface area contributed by atoms with Crippen molar-refractivity contribution in [1.82, 2.24) is 10.2 Å². The Bertz CT molecular complexity index is 1230. The maximum Gasteiger partial charge on any atom is 0.251 e. The van der Waals surface area contributed by atoms with E-state index in [1.807, 2.05) is 58.0 Å². The van der Waals surface area contributed by atoms with E-state index < -0.39 is 11.1 Å². The fourth-order valence-corrected chi connectivity index (χ4v) is 4.68. The molecule has 0 fully saturated rings. The number of fused-ring (bicyclic) bond motifs is 1. The Hall–Kier alpha value is -3.79. The lowest BCUT2D eigenvalue weighted by Crippen LogP contribution is -2.52. The molecule has 0 aromatic heterocycles. The number of carbonyl (C=O) groups excluding carboxylic acids is 2. The first-order valence-electron chi connectivity index (χ1n) is 11.8. The normalized spacial score (nSPS) is 23.1. The van der Waals surface area contributed by atoms with Crippen LogP contribution >= 0.6 is 0 Å². The van der Waals surface area contributed by atoms with Crippen LogP contribution in [-0.2, 0) is 11.3 Å². The van der Waals surface area contributed by atoms with Crippen LogP contribution < -0.4 is 15.8 Å². The highest BCUT2D eigenvalue weighted by Gasteiger charge is 2.41. The highest BCUT2D eigenvalue weighted by molar-refractivity contribution is 5.99. The predicted molar refractivity (Wildman–Crippen MR) is 136 cm³/mol. The molecule has 2 amide bonds. The SMILES string of the molecule is C#C[C@@]1(C(C)C)CC(=O)N(Cc2cccc(C(=O)N[C@H]3CC(C)(C)Oc4ccccc43)c2)C(N)=N1. The Morgan fingerprint density at radius 3 is 2.71 bits per heavy atom. The van der Waals surface area contributed by atoms with Gasteiger partial charge in [-0.05, 0) is 43.5 Å². The minimum Gasteiger partial charge on any atom is -0.487 e. The number of guanidine groups is 1. The maximum atomic E-state index is 13.2. The van der Waals surface area contributed by atoms with Crippen molar-refractivity contribution >= 4 is 17.8 Å². The number of nitrogens with zero attached hydrogens (tertiary/aromatic N) is 2. The van der Waals surface area contributed by atoms with Gasteiger partial charge in [0.15, 0.2) is 5.96 Å². The fourth-order valence-electron chi connectivity index (χ4n) is 4.68. The Labute approximate surface area is 206 Å². The van der Waals surface area contributed by atoms with E-state index in [9.17, 15) is 9.59 Å². The number of amides is 2. The monoisotopic (exact) mass is 472 g/mol. The summed E-state index contributed by atoms with van der Waals surface area (Å²) in [4.78, 5) is 32.1. The van der Waals surface area contributed by atoms with Gasteiger partial charge in [-0.2, -0.15) is 0 Å². The zero-order chi connectivity index (χ0) is 25.4. The Morgan fingerprint density at radius 1 is 1.29 bits per heavy atom. The molecule has 2 aromatic carbocycles. The largest absolute Gasteiger partial charge is 0.487 e. The number of para-hydroxylation sites is 1. The van der Waals surface area contributed by atoms with E-state index in [1.165, 1.54) is 4.90 Å². The summed E-state index contributed by atoms with van der Waals surface area (Å²) in [5, 5.41) is 3.16. The third-order valence-corrected chi connectivity index (χ3v) is 6.73. The number of hydrogen-bond donors (Lipinski definition) is 2. The second-order valence-corrected chi connectivity index (χ2v) is 10.2. The molecular formula is C28H32N4O3. The van der Waals surface area contributed by atoms with Crippen LogP contribution in [0.3, 0.4) is 0 Å². The van der Waals surface area contributed by atoms with E-state index in [4.69, 9.17) is 16.9 Å². The average molecular weight is 473 g/mol. The van der Waals surface area contributed by atoms with Crippen LogP contribution in [0.5, 0.6) is 5.75 Å². The molecule has 0 saturated carbocycles. The summed E-state index contributed by atoms with van der Waals surface area (Å²) < 4.78 is 6.07. The second kappa shape index (κ2) is 9.10. The molecule has 2 aliphatic heterocycles. The number of hydrogen-bond acceptors (Lipinski definition) is 5. The average Bonchev–Trinajstić information content (AvgIpc) is 2.80. The van der Waals surface area contributed by atoms with Gasteiger partial charge in [0.05, 0.1) is 19.0 Å². The quantitative estimate of drug-likeness (QED) is 0.647. The molecule has 2 atom stereocenters. The first kappa shape index (κ1) is 24.3. The first-order valence-corrected chi connectivity index (χ1v) is 11.8. The first-order chi connectivity index (χ1) is 16.5. The summed E-state index contributed by atoms with van der Waals surface area (Å²) in [6.45, 7) is 8.09. The smallest absolute Gasteiger partial charge is 0.251 e. The molecule has 0 saturated heterocycles. The van der Waals surface area contributed by atoms with Crippen molar-refractivity contribution in [3.05, 3.63) is 65.2 Å². The van der Waals surface area contributed by atoms with Crippen LogP contribution in [0.1, 0.15) is 68.1 Å². The van der Waals surface area contributed by atoms with Crippen LogP contribution in [0, 0.1) is 18.3 Å². The number of nitrogens with one attached hydrogen (secondary N) is 1. The van der Waals surface area contributed by atoms with E-state index in [0.29, 0.717) is 12.0 Å². The Balaban J connectivity index is 1.52. The van der Waals surface area contributed by atoms with Gasteiger partial charge in [0.1, 0.15) is 16.9 Å². The van der Waals surface area contributed by atoms with Gasteiger partial charge in [-0.3, -0.25) is 14.5 Å². The number of rotatable bonds is 5. The molecule has 7 heteroatoms. The summed E-state index contributed by atoms with van der Waals surface area (Å²) >= 11 is 0. The zero-order valence-electron chi connectivity index (χ0n) is 20.7. The third kappa shape index (κ3) is 4.88. The van der Waals surface area contributed by atoms with Gasteiger partial charge in [-0.1, -0.05) is 50.1 Å². The molecule has 0 unspecified atom stereocenters. The lowest BCUT2D eigenvalue weighted by molar-refractivity contribution is -0.129. The number of nitrogens with two attached hydrogens (primary N) is 1. The summed E-state index contributed by atoms with van der Waals surface area (Å²) in [6.07, 6.45) is 6.45. The van der Waals surface area contributed by atoms with E-state index >= 15 is 0 Å². The van der Waals surface area contributed by atoms with Crippen molar-refractivity contribution < 1.29 is 14.3 Å². The van der Waals surface area contributed by atoms with Crippen LogP contribution in [0.15, 0.2) is 53.5 Å². The van der Waals surface area contributed by atoms with Crippen LogP contribution in [0.4, 0.5) is 0 Å². The van der Waals surface area contributed by atoms with Crippen molar-refractivity contribution in [2.24, 2.45) is 16.6 Å². The molecule has 4 rings (SSSR count). The summed E-state index contributed by atoms with van der Waals surface area (Å²) in [7, 11) is 0. The zero-order valence-corrected chi connectivity index (χ0v) is 20.7. The van der Waals surface area contributed by atoms with Crippen LogP contribution in [-0.4, -0.2) is 33.8 Å². The molecule has 0 spiro atoms. The summed E-state index contributed by atoms with van der Waals surface area (Å²) in [6, 6.07) is 14.8. The molecule has 2 aliphatic rings. The molecule has 7 nitrogen and oxygen atoms in total. The molecule has 0 aliphatic carbocycles. The fraction of sp³-hybridized carbons (Fsp3) is 0.393. The van der Waals surface area contributed by atoms with Crippen LogP contribution in [0.25, 0.3) is 0 Å². The molecule has 0 bridgehead atoms. The minimum absolute atomic E-state index is 0.0236. The second-order valence-electron chi connectivity index (χ2n) is 10.2. The Kier molecular flexibility index (Phi) is 6.33. The molecule has 35 heavy (non-hydrogen) atoms. The standard InChI is InChI=1S/C28H32N4O3/c1-6-28(18(2)3)16-24(33)32(26(29)31-28)17-19-10-9-11-20(14-19)25(34)30-22-15-27(4,5)35-23-13-8-7-12-21(22)23/h1,7-14,18,22H,15-17H2,2-5H3,(H2,29,31)(H,30,34)/t22-,28-/m0/s1. The number of terminal acetylenes is 1. The van der Waals surface area contributed by atoms with E-state index in [2.05, 4.69) is 16.2 Å². The van der Waals surface area contributed by atoms with Crippen molar-refractivity contribution in [2.75, 3.05) is 0 Å². The van der Waals surface area contributed by atoms with E-state index in [0.717, 1.165) is 16.9 Å². The third-order valence-electron chi connectivity index (χ3n) is 6.73. The maximum absolute atomic E-state index is 13.2. The van der Waals surface area contributed by atoms with Crippen molar-refractivity contribution in [3.63, 3.8) is 0 Å². The van der Waals surface area contributed by atoms with Gasteiger partial charge < -0.3 is 15.8 Å².